The Morgan fingerprint density at radius 3 is 2.77 bits per heavy atom. The molecule has 2 saturated heterocycles. The van der Waals surface area contributed by atoms with E-state index >= 15 is 0 Å². The number of hydrogen-bond donors (Lipinski definition) is 2. The lowest BCUT2D eigenvalue weighted by molar-refractivity contribution is -0.132. The molecular weight excluding hydrogens is 346 g/mol. The van der Waals surface area contributed by atoms with E-state index in [1.54, 1.807) is 4.90 Å². The Bertz CT molecular complexity index is 572. The predicted molar refractivity (Wildman–Crippen MR) is 88.6 cm³/mol. The normalized spacial score (nSPS) is 22.9. The summed E-state index contributed by atoms with van der Waals surface area (Å²) >= 11 is 3.42. The first kappa shape index (κ1) is 15.5. The number of amides is 2. The summed E-state index contributed by atoms with van der Waals surface area (Å²) in [5.41, 5.74) is 0.844. The van der Waals surface area contributed by atoms with Gasteiger partial charge in [0.2, 0.25) is 11.8 Å². The van der Waals surface area contributed by atoms with E-state index in [1.807, 2.05) is 24.3 Å². The van der Waals surface area contributed by atoms with Crippen LogP contribution >= 0.6 is 15.9 Å². The van der Waals surface area contributed by atoms with Crippen molar-refractivity contribution in [2.45, 2.75) is 25.3 Å². The van der Waals surface area contributed by atoms with Gasteiger partial charge in [-0.15, -0.1) is 0 Å². The summed E-state index contributed by atoms with van der Waals surface area (Å²) in [6, 6.07) is 7.82. The highest BCUT2D eigenvalue weighted by Crippen LogP contribution is 2.27. The first-order valence-corrected chi connectivity index (χ1v) is 8.52. The standard InChI is InChI=1S/C16H20BrN3O2/c17-11-2-1-3-13(10-11)20-9-6-14(16(20)22)15(21)19-12-4-7-18-8-5-12/h1-3,10,12,14,18H,4-9H2,(H,19,21). The lowest BCUT2D eigenvalue weighted by Gasteiger charge is -2.25. The van der Waals surface area contributed by atoms with Crippen molar-refractivity contribution in [2.75, 3.05) is 24.5 Å². The number of piperidine rings is 1. The average Bonchev–Trinajstić information content (AvgIpc) is 2.90. The molecule has 0 spiro atoms. The Morgan fingerprint density at radius 1 is 1.27 bits per heavy atom. The fraction of sp³-hybridized carbons (Fsp3) is 0.500. The zero-order valence-corrected chi connectivity index (χ0v) is 13.9. The van der Waals surface area contributed by atoms with Gasteiger partial charge in [0.05, 0.1) is 0 Å². The number of rotatable bonds is 3. The van der Waals surface area contributed by atoms with Gasteiger partial charge in [0.15, 0.2) is 0 Å². The van der Waals surface area contributed by atoms with Crippen molar-refractivity contribution in [2.24, 2.45) is 5.92 Å². The molecule has 2 aliphatic heterocycles. The fourth-order valence-corrected chi connectivity index (χ4v) is 3.48. The van der Waals surface area contributed by atoms with Gasteiger partial charge < -0.3 is 15.5 Å². The molecule has 2 N–H and O–H groups in total. The van der Waals surface area contributed by atoms with Crippen LogP contribution in [-0.2, 0) is 9.59 Å². The third-order valence-corrected chi connectivity index (χ3v) is 4.82. The summed E-state index contributed by atoms with van der Waals surface area (Å²) < 4.78 is 0.931. The molecular formula is C16H20BrN3O2. The fourth-order valence-electron chi connectivity index (χ4n) is 3.09. The van der Waals surface area contributed by atoms with Gasteiger partial charge in [-0.25, -0.2) is 0 Å². The lowest BCUT2D eigenvalue weighted by Crippen LogP contribution is -2.46. The number of carbonyl (C=O) groups excluding carboxylic acids is 2. The predicted octanol–water partition coefficient (Wildman–Crippen LogP) is 1.67. The number of carbonyl (C=O) groups is 2. The molecule has 2 amide bonds. The highest BCUT2D eigenvalue weighted by Gasteiger charge is 2.38. The van der Waals surface area contributed by atoms with E-state index in [9.17, 15) is 9.59 Å². The maximum Gasteiger partial charge on any atom is 0.239 e. The molecule has 3 rings (SSSR count). The monoisotopic (exact) mass is 365 g/mol. The first-order valence-electron chi connectivity index (χ1n) is 7.73. The largest absolute Gasteiger partial charge is 0.353 e. The summed E-state index contributed by atoms with van der Waals surface area (Å²) in [7, 11) is 0. The Balaban J connectivity index is 1.64. The maximum absolute atomic E-state index is 12.5. The van der Waals surface area contributed by atoms with Crippen LogP contribution in [0, 0.1) is 5.92 Å². The van der Waals surface area contributed by atoms with Crippen molar-refractivity contribution >= 4 is 33.4 Å². The SMILES string of the molecule is O=C(NC1CCNCC1)C1CCN(c2cccc(Br)c2)C1=O. The van der Waals surface area contributed by atoms with Crippen LogP contribution in [0.4, 0.5) is 5.69 Å². The van der Waals surface area contributed by atoms with Crippen molar-refractivity contribution in [3.63, 3.8) is 0 Å². The number of benzene rings is 1. The van der Waals surface area contributed by atoms with Crippen LogP contribution in [-0.4, -0.2) is 37.5 Å². The zero-order valence-electron chi connectivity index (χ0n) is 12.3. The topological polar surface area (TPSA) is 61.4 Å². The Kier molecular flexibility index (Phi) is 4.78. The van der Waals surface area contributed by atoms with Crippen LogP contribution in [0.15, 0.2) is 28.7 Å². The van der Waals surface area contributed by atoms with Crippen LogP contribution in [0.3, 0.4) is 0 Å². The van der Waals surface area contributed by atoms with Crippen molar-refractivity contribution in [1.29, 1.82) is 0 Å². The molecule has 1 unspecified atom stereocenters. The molecule has 6 heteroatoms. The molecule has 2 fully saturated rings. The molecule has 22 heavy (non-hydrogen) atoms. The molecule has 0 aromatic heterocycles. The Morgan fingerprint density at radius 2 is 2.05 bits per heavy atom. The lowest BCUT2D eigenvalue weighted by atomic mass is 10.0. The molecule has 1 atom stereocenters. The quantitative estimate of drug-likeness (QED) is 0.801. The molecule has 0 aliphatic carbocycles. The summed E-state index contributed by atoms with van der Waals surface area (Å²) in [6.07, 6.45) is 2.45. The highest BCUT2D eigenvalue weighted by molar-refractivity contribution is 9.10. The van der Waals surface area contributed by atoms with Crippen LogP contribution < -0.4 is 15.5 Å². The molecule has 1 aromatic rings. The molecule has 1 aromatic carbocycles. The molecule has 5 nitrogen and oxygen atoms in total. The number of hydrogen-bond acceptors (Lipinski definition) is 3. The third kappa shape index (κ3) is 3.33. The minimum atomic E-state index is -0.547. The van der Waals surface area contributed by atoms with Gasteiger partial charge in [-0.2, -0.15) is 0 Å². The first-order chi connectivity index (χ1) is 10.6. The van der Waals surface area contributed by atoms with E-state index in [4.69, 9.17) is 0 Å². The minimum Gasteiger partial charge on any atom is -0.353 e. The van der Waals surface area contributed by atoms with E-state index in [1.165, 1.54) is 0 Å². The van der Waals surface area contributed by atoms with E-state index in [0.717, 1.165) is 36.1 Å². The summed E-state index contributed by atoms with van der Waals surface area (Å²) in [5.74, 6) is -0.757. The van der Waals surface area contributed by atoms with E-state index in [0.29, 0.717) is 13.0 Å². The van der Waals surface area contributed by atoms with Crippen LogP contribution in [0.2, 0.25) is 0 Å². The van der Waals surface area contributed by atoms with Crippen molar-refractivity contribution < 1.29 is 9.59 Å². The molecule has 0 bridgehead atoms. The summed E-state index contributed by atoms with van der Waals surface area (Å²) in [4.78, 5) is 26.6. The van der Waals surface area contributed by atoms with Crippen LogP contribution in [0.25, 0.3) is 0 Å². The minimum absolute atomic E-state index is 0.0930. The van der Waals surface area contributed by atoms with Crippen molar-refractivity contribution in [1.82, 2.24) is 10.6 Å². The number of halogens is 1. The zero-order chi connectivity index (χ0) is 15.5. The second-order valence-electron chi connectivity index (χ2n) is 5.84. The third-order valence-electron chi connectivity index (χ3n) is 4.33. The van der Waals surface area contributed by atoms with Gasteiger partial charge in [-0.05, 0) is 50.6 Å². The second-order valence-corrected chi connectivity index (χ2v) is 6.76. The summed E-state index contributed by atoms with van der Waals surface area (Å²) in [5, 5.41) is 6.31. The van der Waals surface area contributed by atoms with Crippen molar-refractivity contribution in [3.05, 3.63) is 28.7 Å². The van der Waals surface area contributed by atoms with Gasteiger partial charge >= 0.3 is 0 Å². The van der Waals surface area contributed by atoms with Crippen molar-refractivity contribution in [3.8, 4) is 0 Å². The van der Waals surface area contributed by atoms with Gasteiger partial charge in [0.1, 0.15) is 5.92 Å². The summed E-state index contributed by atoms with van der Waals surface area (Å²) in [6.45, 7) is 2.45. The molecule has 0 radical (unpaired) electrons. The van der Waals surface area contributed by atoms with Crippen LogP contribution in [0.5, 0.6) is 0 Å². The van der Waals surface area contributed by atoms with E-state index in [-0.39, 0.29) is 17.9 Å². The average molecular weight is 366 g/mol. The molecule has 0 saturated carbocycles. The Hall–Kier alpha value is -1.40. The van der Waals surface area contributed by atoms with E-state index in [2.05, 4.69) is 26.6 Å². The van der Waals surface area contributed by atoms with Gasteiger partial charge in [-0.3, -0.25) is 9.59 Å². The van der Waals surface area contributed by atoms with E-state index < -0.39 is 5.92 Å². The second kappa shape index (κ2) is 6.79. The smallest absolute Gasteiger partial charge is 0.239 e. The molecule has 2 aliphatic rings. The van der Waals surface area contributed by atoms with Crippen LogP contribution in [0.1, 0.15) is 19.3 Å². The van der Waals surface area contributed by atoms with Gasteiger partial charge in [0.25, 0.3) is 0 Å². The molecule has 118 valence electrons. The maximum atomic E-state index is 12.5. The Labute approximate surface area is 138 Å². The highest BCUT2D eigenvalue weighted by atomic mass is 79.9. The van der Waals surface area contributed by atoms with Gasteiger partial charge in [0, 0.05) is 22.7 Å². The van der Waals surface area contributed by atoms with Gasteiger partial charge in [-0.1, -0.05) is 22.0 Å². The number of anilines is 1. The molecule has 2 heterocycles. The number of nitrogens with one attached hydrogen (secondary N) is 2. The number of nitrogens with zero attached hydrogens (tertiary/aromatic N) is 1.